The summed E-state index contributed by atoms with van der Waals surface area (Å²) < 4.78 is 33.7. The number of thioether (sulfide) groups is 1. The van der Waals surface area contributed by atoms with Gasteiger partial charge in [0.2, 0.25) is 5.91 Å². The van der Waals surface area contributed by atoms with Gasteiger partial charge in [-0.2, -0.15) is 0 Å². The normalized spacial score (nSPS) is 14.3. The van der Waals surface area contributed by atoms with Gasteiger partial charge in [-0.25, -0.2) is 8.42 Å². The van der Waals surface area contributed by atoms with Crippen molar-refractivity contribution in [3.8, 4) is 0 Å². The van der Waals surface area contributed by atoms with Gasteiger partial charge < -0.3 is 10.1 Å². The molecule has 1 amide bonds. The Morgan fingerprint density at radius 2 is 1.57 bits per heavy atom. The average Bonchev–Trinajstić information content (AvgIpc) is 2.92. The molecule has 0 bridgehead atoms. The van der Waals surface area contributed by atoms with Crippen LogP contribution in [0.4, 0.5) is 5.69 Å². The lowest BCUT2D eigenvalue weighted by molar-refractivity contribution is -0.119. The number of morpholine rings is 1. The third-order valence-corrected chi connectivity index (χ3v) is 8.81. The van der Waals surface area contributed by atoms with Crippen molar-refractivity contribution in [2.45, 2.75) is 29.8 Å². The number of carbonyl (C=O) groups is 1. The number of nitrogens with zero attached hydrogens (tertiary/aromatic N) is 2. The van der Waals surface area contributed by atoms with Crippen molar-refractivity contribution in [2.24, 2.45) is 0 Å². The molecule has 37 heavy (non-hydrogen) atoms. The first-order valence-electron chi connectivity index (χ1n) is 12.2. The highest BCUT2D eigenvalue weighted by Crippen LogP contribution is 2.25. The number of aryl methyl sites for hydroxylation is 1. The van der Waals surface area contributed by atoms with E-state index >= 15 is 0 Å². The fourth-order valence-electron chi connectivity index (χ4n) is 4.07. The highest BCUT2D eigenvalue weighted by molar-refractivity contribution is 7.98. The zero-order chi connectivity index (χ0) is 26.3. The number of hydrogen-bond acceptors (Lipinski definition) is 6. The molecule has 1 aliphatic rings. The molecule has 196 valence electrons. The highest BCUT2D eigenvalue weighted by Gasteiger charge is 2.27. The van der Waals surface area contributed by atoms with Gasteiger partial charge in [-0.05, 0) is 60.7 Å². The van der Waals surface area contributed by atoms with Crippen LogP contribution in [0.2, 0.25) is 0 Å². The molecule has 0 aliphatic carbocycles. The number of amides is 1. The van der Waals surface area contributed by atoms with Crippen LogP contribution in [0.5, 0.6) is 0 Å². The van der Waals surface area contributed by atoms with Crippen molar-refractivity contribution in [2.75, 3.05) is 43.4 Å². The average molecular weight is 540 g/mol. The Labute approximate surface area is 223 Å². The second-order valence-electron chi connectivity index (χ2n) is 9.00. The molecule has 9 heteroatoms. The summed E-state index contributed by atoms with van der Waals surface area (Å²) in [6, 6.07) is 22.0. The van der Waals surface area contributed by atoms with Crippen LogP contribution in [0.3, 0.4) is 0 Å². The highest BCUT2D eigenvalue weighted by atomic mass is 32.2. The van der Waals surface area contributed by atoms with Crippen LogP contribution < -0.4 is 9.62 Å². The van der Waals surface area contributed by atoms with E-state index in [0.717, 1.165) is 48.9 Å². The molecule has 7 nitrogen and oxygen atoms in total. The third kappa shape index (κ3) is 7.35. The van der Waals surface area contributed by atoms with E-state index in [-0.39, 0.29) is 17.3 Å². The minimum Gasteiger partial charge on any atom is -0.379 e. The van der Waals surface area contributed by atoms with Gasteiger partial charge in [0.25, 0.3) is 10.0 Å². The van der Waals surface area contributed by atoms with Crippen molar-refractivity contribution in [1.29, 1.82) is 0 Å². The van der Waals surface area contributed by atoms with Crippen molar-refractivity contribution in [1.82, 2.24) is 10.2 Å². The third-order valence-electron chi connectivity index (χ3n) is 6.28. The van der Waals surface area contributed by atoms with Crippen LogP contribution in [-0.4, -0.2) is 58.3 Å². The summed E-state index contributed by atoms with van der Waals surface area (Å²) in [6.07, 6.45) is 1.93. The Balaban J connectivity index is 1.43. The number of benzene rings is 3. The Kier molecular flexibility index (Phi) is 9.26. The molecule has 1 aliphatic heterocycles. The lowest BCUT2D eigenvalue weighted by Crippen LogP contribution is -2.40. The second-order valence-corrected chi connectivity index (χ2v) is 11.7. The summed E-state index contributed by atoms with van der Waals surface area (Å²) in [5, 5.41) is 2.88. The molecule has 3 aromatic rings. The molecule has 0 atom stereocenters. The minimum atomic E-state index is -3.94. The summed E-state index contributed by atoms with van der Waals surface area (Å²) in [5.41, 5.74) is 3.62. The first kappa shape index (κ1) is 27.2. The molecule has 1 N–H and O–H groups in total. The molecule has 1 saturated heterocycles. The van der Waals surface area contributed by atoms with Crippen LogP contribution in [0.1, 0.15) is 16.7 Å². The number of nitrogens with one attached hydrogen (secondary N) is 1. The molecular weight excluding hydrogens is 506 g/mol. The monoisotopic (exact) mass is 539 g/mol. The fourth-order valence-corrected chi connectivity index (χ4v) is 5.90. The van der Waals surface area contributed by atoms with Crippen LogP contribution in [0.15, 0.2) is 82.6 Å². The van der Waals surface area contributed by atoms with Crippen molar-refractivity contribution in [3.05, 3.63) is 89.5 Å². The number of anilines is 1. The minimum absolute atomic E-state index is 0.148. The van der Waals surface area contributed by atoms with Gasteiger partial charge in [-0.15, -0.1) is 11.8 Å². The Morgan fingerprint density at radius 3 is 2.19 bits per heavy atom. The number of rotatable bonds is 10. The van der Waals surface area contributed by atoms with Gasteiger partial charge in [0.1, 0.15) is 6.54 Å². The number of ether oxygens (including phenoxy) is 1. The quantitative estimate of drug-likeness (QED) is 0.392. The summed E-state index contributed by atoms with van der Waals surface area (Å²) in [6.45, 7) is 6.20. The van der Waals surface area contributed by atoms with Gasteiger partial charge in [-0.3, -0.25) is 14.0 Å². The smallest absolute Gasteiger partial charge is 0.264 e. The van der Waals surface area contributed by atoms with E-state index in [1.54, 1.807) is 36.4 Å². The SMILES string of the molecule is CSc1ccc(S(=O)(=O)N(CC(=O)NCc2ccc(CN3CCOCC3)cc2)c2ccc(C)cc2)cc1. The van der Waals surface area contributed by atoms with Crippen molar-refractivity contribution >= 4 is 33.4 Å². The van der Waals surface area contributed by atoms with E-state index in [2.05, 4.69) is 22.3 Å². The van der Waals surface area contributed by atoms with E-state index < -0.39 is 10.0 Å². The zero-order valence-electron chi connectivity index (χ0n) is 21.2. The van der Waals surface area contributed by atoms with Gasteiger partial charge in [-0.1, -0.05) is 42.0 Å². The zero-order valence-corrected chi connectivity index (χ0v) is 22.9. The predicted octanol–water partition coefficient (Wildman–Crippen LogP) is 4.06. The lowest BCUT2D eigenvalue weighted by atomic mass is 10.1. The summed E-state index contributed by atoms with van der Waals surface area (Å²) >= 11 is 1.54. The summed E-state index contributed by atoms with van der Waals surface area (Å²) in [4.78, 5) is 16.4. The van der Waals surface area contributed by atoms with Crippen molar-refractivity contribution in [3.63, 3.8) is 0 Å². The number of hydrogen-bond donors (Lipinski definition) is 1. The Bertz CT molecular complexity index is 1270. The predicted molar refractivity (Wildman–Crippen MR) is 148 cm³/mol. The van der Waals surface area contributed by atoms with Gasteiger partial charge in [0, 0.05) is 31.1 Å². The van der Waals surface area contributed by atoms with Gasteiger partial charge >= 0.3 is 0 Å². The maximum Gasteiger partial charge on any atom is 0.264 e. The Morgan fingerprint density at radius 1 is 0.946 bits per heavy atom. The number of carbonyl (C=O) groups excluding carboxylic acids is 1. The van der Waals surface area contributed by atoms with Gasteiger partial charge in [0.15, 0.2) is 0 Å². The molecule has 0 unspecified atom stereocenters. The van der Waals surface area contributed by atoms with E-state index in [1.807, 2.05) is 37.4 Å². The molecule has 1 fully saturated rings. The maximum atomic E-state index is 13.6. The summed E-state index contributed by atoms with van der Waals surface area (Å²) in [5.74, 6) is -0.373. The molecule has 1 heterocycles. The van der Waals surface area contributed by atoms with E-state index in [0.29, 0.717) is 12.2 Å². The van der Waals surface area contributed by atoms with Crippen LogP contribution in [0.25, 0.3) is 0 Å². The van der Waals surface area contributed by atoms with Crippen LogP contribution in [-0.2, 0) is 32.6 Å². The lowest BCUT2D eigenvalue weighted by Gasteiger charge is -2.26. The van der Waals surface area contributed by atoms with E-state index in [1.165, 1.54) is 21.6 Å². The first-order valence-corrected chi connectivity index (χ1v) is 14.9. The first-order chi connectivity index (χ1) is 17.8. The topological polar surface area (TPSA) is 79.0 Å². The molecular formula is C28H33N3O4S2. The Hall–Kier alpha value is -2.85. The molecule has 0 saturated carbocycles. The molecule has 0 radical (unpaired) electrons. The van der Waals surface area contributed by atoms with Crippen molar-refractivity contribution < 1.29 is 17.9 Å². The van der Waals surface area contributed by atoms with Crippen LogP contribution >= 0.6 is 11.8 Å². The van der Waals surface area contributed by atoms with Crippen LogP contribution in [0, 0.1) is 6.92 Å². The molecule has 0 aromatic heterocycles. The molecule has 3 aromatic carbocycles. The standard InChI is InChI=1S/C28H33N3O4S2/c1-22-3-9-25(10-4-22)31(37(33,34)27-13-11-26(36-2)12-14-27)21-28(32)29-19-23-5-7-24(8-6-23)20-30-15-17-35-18-16-30/h3-14H,15-21H2,1-2H3,(H,29,32). The molecule has 0 spiro atoms. The van der Waals surface area contributed by atoms with E-state index in [4.69, 9.17) is 4.74 Å². The largest absolute Gasteiger partial charge is 0.379 e. The van der Waals surface area contributed by atoms with Gasteiger partial charge in [0.05, 0.1) is 23.8 Å². The second kappa shape index (κ2) is 12.6. The number of sulfonamides is 1. The van der Waals surface area contributed by atoms with E-state index in [9.17, 15) is 13.2 Å². The maximum absolute atomic E-state index is 13.6. The summed E-state index contributed by atoms with van der Waals surface area (Å²) in [7, 11) is -3.94. The molecule has 4 rings (SSSR count). The fraction of sp³-hybridized carbons (Fsp3) is 0.321.